The van der Waals surface area contributed by atoms with Gasteiger partial charge in [0.1, 0.15) is 19.3 Å². The van der Waals surface area contributed by atoms with E-state index in [-0.39, 0.29) is 19.3 Å². The quantitative estimate of drug-likeness (QED) is 0.0289. The van der Waals surface area contributed by atoms with E-state index in [1.165, 1.54) is 173 Å². The van der Waals surface area contributed by atoms with Crippen LogP contribution in [0.1, 0.15) is 206 Å². The van der Waals surface area contributed by atoms with Gasteiger partial charge >= 0.3 is 7.82 Å². The molecule has 0 aliphatic rings. The van der Waals surface area contributed by atoms with E-state index in [0.717, 1.165) is 19.3 Å². The number of hydrogen-bond donors (Lipinski definition) is 1. The van der Waals surface area contributed by atoms with Crippen molar-refractivity contribution in [3.8, 4) is 0 Å². The highest BCUT2D eigenvalue weighted by atomic mass is 31.2. The third kappa shape index (κ3) is 42.5. The van der Waals surface area contributed by atoms with Crippen LogP contribution in [0.15, 0.2) is 12.2 Å². The zero-order chi connectivity index (χ0) is 38.3. The Bertz CT molecular complexity index is 789. The van der Waals surface area contributed by atoms with Gasteiger partial charge in [0.25, 0.3) is 0 Å². The summed E-state index contributed by atoms with van der Waals surface area (Å²) in [4.78, 5) is 10.2. The molecule has 0 saturated heterocycles. The SMILES string of the molecule is CCCCCCCC/C=C\CCCCCCCCO[C@H](COCCCCCCCCCCCCCCCCCC)COP(=O)(O)OCC[N+](C)(C)C. The number of likely N-dealkylation sites (N-methyl/N-ethyl adjacent to an activating group) is 1. The van der Waals surface area contributed by atoms with Gasteiger partial charge in [0.15, 0.2) is 0 Å². The smallest absolute Gasteiger partial charge is 0.379 e. The first-order chi connectivity index (χ1) is 25.2. The summed E-state index contributed by atoms with van der Waals surface area (Å²) in [6.45, 7) is 6.98. The minimum atomic E-state index is -4.14. The fourth-order valence-electron chi connectivity index (χ4n) is 6.36. The van der Waals surface area contributed by atoms with E-state index in [4.69, 9.17) is 18.5 Å². The minimum absolute atomic E-state index is 0.0104. The second-order valence-corrected chi connectivity index (χ2v) is 17.9. The molecule has 1 unspecified atom stereocenters. The first-order valence-electron chi connectivity index (χ1n) is 22.5. The average molecular weight is 761 g/mol. The summed E-state index contributed by atoms with van der Waals surface area (Å²) in [7, 11) is 1.91. The van der Waals surface area contributed by atoms with Gasteiger partial charge in [-0.3, -0.25) is 9.05 Å². The number of rotatable bonds is 43. The summed E-state index contributed by atoms with van der Waals surface area (Å²) in [5.41, 5.74) is 0. The topological polar surface area (TPSA) is 74.2 Å². The maximum absolute atomic E-state index is 12.5. The predicted octanol–water partition coefficient (Wildman–Crippen LogP) is 13.5. The summed E-state index contributed by atoms with van der Waals surface area (Å²) in [5, 5.41) is 0. The molecule has 0 saturated carbocycles. The number of ether oxygens (including phenoxy) is 2. The summed E-state index contributed by atoms with van der Waals surface area (Å²) in [6, 6.07) is 0. The molecule has 0 aromatic carbocycles. The Morgan fingerprint density at radius 1 is 0.500 bits per heavy atom. The molecule has 0 amide bonds. The van der Waals surface area contributed by atoms with E-state index in [1.54, 1.807) is 0 Å². The Morgan fingerprint density at radius 3 is 1.31 bits per heavy atom. The van der Waals surface area contributed by atoms with Gasteiger partial charge in [0.2, 0.25) is 0 Å². The molecule has 0 heterocycles. The molecular weight excluding hydrogens is 669 g/mol. The van der Waals surface area contributed by atoms with Gasteiger partial charge in [-0.05, 0) is 38.5 Å². The standard InChI is InChI=1S/C44H90NO6P/c1-6-8-10-12-14-16-18-20-22-24-26-28-30-32-34-36-39-48-42-44(43-51-52(46,47)50-41-38-45(3,4)5)49-40-37-35-33-31-29-27-25-23-21-19-17-15-13-11-9-7-2/h21,23,44H,6-20,22,24-43H2,1-5H3/p+1/b23-21-/t44-/m1/s1. The Morgan fingerprint density at radius 2 is 0.885 bits per heavy atom. The van der Waals surface area contributed by atoms with Crippen molar-refractivity contribution >= 4 is 7.82 Å². The fraction of sp³-hybridized carbons (Fsp3) is 0.955. The molecule has 8 heteroatoms. The lowest BCUT2D eigenvalue weighted by Crippen LogP contribution is -2.37. The van der Waals surface area contributed by atoms with Crippen molar-refractivity contribution in [2.45, 2.75) is 213 Å². The monoisotopic (exact) mass is 761 g/mol. The molecule has 0 aliphatic carbocycles. The lowest BCUT2D eigenvalue weighted by molar-refractivity contribution is -0.870. The normalized spacial score (nSPS) is 14.0. The Kier molecular flexibility index (Phi) is 38.8. The Hall–Kier alpha value is -0.270. The van der Waals surface area contributed by atoms with Crippen molar-refractivity contribution < 1.29 is 32.5 Å². The van der Waals surface area contributed by atoms with Gasteiger partial charge in [-0.25, -0.2) is 4.57 Å². The van der Waals surface area contributed by atoms with Crippen LogP contribution in [-0.4, -0.2) is 76.2 Å². The molecule has 0 fully saturated rings. The second kappa shape index (κ2) is 39.0. The molecule has 0 aliphatic heterocycles. The summed E-state index contributed by atoms with van der Waals surface area (Å²) in [5.74, 6) is 0. The van der Waals surface area contributed by atoms with Crippen LogP contribution in [0.4, 0.5) is 0 Å². The van der Waals surface area contributed by atoms with Crippen molar-refractivity contribution in [3.63, 3.8) is 0 Å². The van der Waals surface area contributed by atoms with Crippen LogP contribution in [0.2, 0.25) is 0 Å². The minimum Gasteiger partial charge on any atom is -0.379 e. The van der Waals surface area contributed by atoms with Crippen LogP contribution in [0, 0.1) is 0 Å². The van der Waals surface area contributed by atoms with Crippen LogP contribution in [0.3, 0.4) is 0 Å². The van der Waals surface area contributed by atoms with E-state index in [9.17, 15) is 9.46 Å². The molecule has 0 aromatic heterocycles. The fourth-order valence-corrected chi connectivity index (χ4v) is 7.10. The maximum atomic E-state index is 12.5. The summed E-state index contributed by atoms with van der Waals surface area (Å²) in [6.07, 6.45) is 43.8. The van der Waals surface area contributed by atoms with E-state index < -0.39 is 7.82 Å². The summed E-state index contributed by atoms with van der Waals surface area (Å²) >= 11 is 0. The van der Waals surface area contributed by atoms with Gasteiger partial charge in [-0.15, -0.1) is 0 Å². The van der Waals surface area contributed by atoms with Gasteiger partial charge in [0.05, 0.1) is 34.4 Å². The Labute approximate surface area is 325 Å². The van der Waals surface area contributed by atoms with Crippen LogP contribution in [-0.2, 0) is 23.1 Å². The molecule has 312 valence electrons. The number of hydrogen-bond acceptors (Lipinski definition) is 5. The molecule has 0 aromatic rings. The predicted molar refractivity (Wildman–Crippen MR) is 224 cm³/mol. The first kappa shape index (κ1) is 51.7. The molecule has 0 radical (unpaired) electrons. The van der Waals surface area contributed by atoms with Crippen molar-refractivity contribution in [1.82, 2.24) is 0 Å². The number of quaternary nitrogens is 1. The van der Waals surface area contributed by atoms with Gasteiger partial charge < -0.3 is 18.9 Å². The zero-order valence-corrected chi connectivity index (χ0v) is 36.5. The lowest BCUT2D eigenvalue weighted by atomic mass is 10.0. The number of unbranched alkanes of at least 4 members (excludes halogenated alkanes) is 27. The van der Waals surface area contributed by atoms with Crippen molar-refractivity contribution in [1.29, 1.82) is 0 Å². The molecule has 7 nitrogen and oxygen atoms in total. The number of phosphoric ester groups is 1. The highest BCUT2D eigenvalue weighted by molar-refractivity contribution is 7.47. The van der Waals surface area contributed by atoms with Gasteiger partial charge in [0, 0.05) is 13.2 Å². The molecule has 0 bridgehead atoms. The van der Waals surface area contributed by atoms with E-state index >= 15 is 0 Å². The molecule has 0 spiro atoms. The number of phosphoric acid groups is 1. The molecule has 52 heavy (non-hydrogen) atoms. The molecular formula is C44H91NO6P+. The van der Waals surface area contributed by atoms with Crippen LogP contribution in [0.25, 0.3) is 0 Å². The van der Waals surface area contributed by atoms with E-state index in [2.05, 4.69) is 26.0 Å². The zero-order valence-electron chi connectivity index (χ0n) is 35.6. The third-order valence-corrected chi connectivity index (χ3v) is 10.9. The molecule has 2 atom stereocenters. The first-order valence-corrected chi connectivity index (χ1v) is 24.0. The second-order valence-electron chi connectivity index (χ2n) is 16.4. The third-order valence-electron chi connectivity index (χ3n) is 9.90. The largest absolute Gasteiger partial charge is 0.472 e. The van der Waals surface area contributed by atoms with E-state index in [1.807, 2.05) is 21.1 Å². The summed E-state index contributed by atoms with van der Waals surface area (Å²) < 4.78 is 35.8. The number of allylic oxidation sites excluding steroid dienone is 2. The van der Waals surface area contributed by atoms with Crippen molar-refractivity contribution in [3.05, 3.63) is 12.2 Å². The van der Waals surface area contributed by atoms with Gasteiger partial charge in [-0.1, -0.05) is 180 Å². The highest BCUT2D eigenvalue weighted by Gasteiger charge is 2.25. The number of nitrogens with zero attached hydrogens (tertiary/aromatic N) is 1. The Balaban J connectivity index is 4.07. The van der Waals surface area contributed by atoms with Crippen molar-refractivity contribution in [2.75, 3.05) is 60.7 Å². The van der Waals surface area contributed by atoms with Crippen LogP contribution >= 0.6 is 7.82 Å². The highest BCUT2D eigenvalue weighted by Crippen LogP contribution is 2.43. The van der Waals surface area contributed by atoms with Crippen molar-refractivity contribution in [2.24, 2.45) is 0 Å². The molecule has 0 rings (SSSR count). The van der Waals surface area contributed by atoms with Gasteiger partial charge in [-0.2, -0.15) is 0 Å². The van der Waals surface area contributed by atoms with Crippen LogP contribution in [0.5, 0.6) is 0 Å². The maximum Gasteiger partial charge on any atom is 0.472 e. The molecule has 1 N–H and O–H groups in total. The average Bonchev–Trinajstić information content (AvgIpc) is 3.10. The van der Waals surface area contributed by atoms with E-state index in [0.29, 0.717) is 30.8 Å². The lowest BCUT2D eigenvalue weighted by Gasteiger charge is -2.24. The van der Waals surface area contributed by atoms with Crippen LogP contribution < -0.4 is 0 Å².